The van der Waals surface area contributed by atoms with Crippen molar-refractivity contribution in [1.29, 1.82) is 0 Å². The zero-order chi connectivity index (χ0) is 16.7. The van der Waals surface area contributed by atoms with Crippen molar-refractivity contribution in [1.82, 2.24) is 9.21 Å². The van der Waals surface area contributed by atoms with E-state index in [0.29, 0.717) is 32.8 Å². The summed E-state index contributed by atoms with van der Waals surface area (Å²) in [6.07, 6.45) is 1.59. The summed E-state index contributed by atoms with van der Waals surface area (Å²) in [5, 5.41) is 1.22. The molecular weight excluding hydrogens is 316 g/mol. The Kier molecular flexibility index (Phi) is 6.32. The number of hydrogen-bond acceptors (Lipinski definition) is 4. The van der Waals surface area contributed by atoms with Crippen molar-refractivity contribution in [3.63, 3.8) is 0 Å². The Hall–Kier alpha value is -1.70. The van der Waals surface area contributed by atoms with Crippen molar-refractivity contribution in [2.75, 3.05) is 39.4 Å². The van der Waals surface area contributed by atoms with Crippen LogP contribution >= 0.6 is 0 Å². The van der Waals surface area contributed by atoms with Gasteiger partial charge in [-0.1, -0.05) is 30.3 Å². The van der Waals surface area contributed by atoms with Gasteiger partial charge < -0.3 is 9.64 Å². The lowest BCUT2D eigenvalue weighted by Gasteiger charge is -2.33. The molecule has 0 aromatic heterocycles. The molecule has 1 aromatic carbocycles. The van der Waals surface area contributed by atoms with Gasteiger partial charge in [0.05, 0.1) is 0 Å². The van der Waals surface area contributed by atoms with Crippen molar-refractivity contribution in [3.05, 3.63) is 41.3 Å². The molecule has 1 heterocycles. The first-order chi connectivity index (χ1) is 11.0. The maximum Gasteiger partial charge on any atom is 0.248 e. The molecule has 7 heteroatoms. The van der Waals surface area contributed by atoms with Crippen molar-refractivity contribution in [2.45, 2.75) is 6.92 Å². The Morgan fingerprint density at radius 3 is 2.43 bits per heavy atom. The van der Waals surface area contributed by atoms with E-state index in [9.17, 15) is 13.2 Å². The van der Waals surface area contributed by atoms with Crippen molar-refractivity contribution >= 4 is 22.0 Å². The van der Waals surface area contributed by atoms with Crippen LogP contribution in [0.4, 0.5) is 0 Å². The first kappa shape index (κ1) is 17.7. The van der Waals surface area contributed by atoms with Crippen LogP contribution in [0.1, 0.15) is 12.5 Å². The monoisotopic (exact) mass is 338 g/mol. The van der Waals surface area contributed by atoms with E-state index in [4.69, 9.17) is 4.74 Å². The molecule has 0 unspecified atom stereocenters. The lowest BCUT2D eigenvalue weighted by Crippen LogP contribution is -2.50. The standard InChI is InChI=1S/C16H22N2O4S/c1-2-22-14-16(19)17-9-11-18(12-10-17)23(20,21)13-8-15-6-4-3-5-7-15/h3-8,13H,2,9-12,14H2,1H3/b13-8+. The molecule has 0 radical (unpaired) electrons. The lowest BCUT2D eigenvalue weighted by atomic mass is 10.2. The van der Waals surface area contributed by atoms with Crippen molar-refractivity contribution in [2.24, 2.45) is 0 Å². The highest BCUT2D eigenvalue weighted by Crippen LogP contribution is 2.11. The Morgan fingerprint density at radius 2 is 1.83 bits per heavy atom. The van der Waals surface area contributed by atoms with Crippen molar-refractivity contribution in [3.8, 4) is 0 Å². The van der Waals surface area contributed by atoms with E-state index in [1.165, 1.54) is 9.71 Å². The van der Waals surface area contributed by atoms with Gasteiger partial charge >= 0.3 is 0 Å². The average molecular weight is 338 g/mol. The number of ether oxygens (including phenoxy) is 1. The summed E-state index contributed by atoms with van der Waals surface area (Å²) in [4.78, 5) is 13.5. The van der Waals surface area contributed by atoms with Gasteiger partial charge in [0.25, 0.3) is 0 Å². The van der Waals surface area contributed by atoms with Crippen LogP contribution in [0.5, 0.6) is 0 Å². The normalized spacial score (nSPS) is 16.8. The molecule has 23 heavy (non-hydrogen) atoms. The maximum absolute atomic E-state index is 12.3. The largest absolute Gasteiger partial charge is 0.372 e. The fourth-order valence-corrected chi connectivity index (χ4v) is 3.46. The van der Waals surface area contributed by atoms with Crippen LogP contribution in [0.25, 0.3) is 6.08 Å². The third kappa shape index (κ3) is 5.16. The van der Waals surface area contributed by atoms with Gasteiger partial charge in [0.2, 0.25) is 15.9 Å². The van der Waals surface area contributed by atoms with Gasteiger partial charge in [-0.2, -0.15) is 4.31 Å². The SMILES string of the molecule is CCOCC(=O)N1CCN(S(=O)(=O)/C=C/c2ccccc2)CC1. The second-order valence-electron chi connectivity index (χ2n) is 5.18. The highest BCUT2D eigenvalue weighted by Gasteiger charge is 2.27. The smallest absolute Gasteiger partial charge is 0.248 e. The molecule has 1 fully saturated rings. The molecule has 1 aliphatic heterocycles. The van der Waals surface area contributed by atoms with Crippen LogP contribution in [-0.2, 0) is 19.6 Å². The molecule has 6 nitrogen and oxygen atoms in total. The van der Waals surface area contributed by atoms with Gasteiger partial charge in [-0.05, 0) is 18.6 Å². The molecule has 126 valence electrons. The summed E-state index contributed by atoms with van der Waals surface area (Å²) >= 11 is 0. The molecule has 0 saturated carbocycles. The minimum absolute atomic E-state index is 0.0527. The molecular formula is C16H22N2O4S. The number of benzene rings is 1. The fourth-order valence-electron chi connectivity index (χ4n) is 2.29. The number of hydrogen-bond donors (Lipinski definition) is 0. The molecule has 1 aliphatic rings. The predicted molar refractivity (Wildman–Crippen MR) is 89.0 cm³/mol. The Morgan fingerprint density at radius 1 is 1.17 bits per heavy atom. The van der Waals surface area contributed by atoms with E-state index in [2.05, 4.69) is 0 Å². The highest BCUT2D eigenvalue weighted by atomic mass is 32.2. The Bertz CT molecular complexity index is 635. The van der Waals surface area contributed by atoms with E-state index < -0.39 is 10.0 Å². The van der Waals surface area contributed by atoms with E-state index in [1.807, 2.05) is 37.3 Å². The molecule has 0 atom stereocenters. The van der Waals surface area contributed by atoms with Crippen molar-refractivity contribution < 1.29 is 17.9 Å². The number of sulfonamides is 1. The van der Waals surface area contributed by atoms with Gasteiger partial charge in [0, 0.05) is 38.2 Å². The van der Waals surface area contributed by atoms with Crippen LogP contribution in [0.15, 0.2) is 35.7 Å². The second-order valence-corrected chi connectivity index (χ2v) is 6.99. The zero-order valence-corrected chi connectivity index (χ0v) is 14.0. The molecule has 1 aromatic rings. The average Bonchev–Trinajstić information content (AvgIpc) is 2.59. The molecule has 0 bridgehead atoms. The number of rotatable bonds is 6. The molecule has 1 saturated heterocycles. The second kappa shape index (κ2) is 8.24. The van der Waals surface area contributed by atoms with Gasteiger partial charge in [0.15, 0.2) is 0 Å². The maximum atomic E-state index is 12.3. The predicted octanol–water partition coefficient (Wildman–Crippen LogP) is 1.17. The summed E-state index contributed by atoms with van der Waals surface area (Å²) in [6, 6.07) is 9.28. The summed E-state index contributed by atoms with van der Waals surface area (Å²) in [5.74, 6) is -0.0938. The molecule has 0 N–H and O–H groups in total. The van der Waals surface area contributed by atoms with E-state index >= 15 is 0 Å². The van der Waals surface area contributed by atoms with Gasteiger partial charge in [-0.15, -0.1) is 0 Å². The van der Waals surface area contributed by atoms with E-state index in [-0.39, 0.29) is 12.5 Å². The molecule has 2 rings (SSSR count). The first-order valence-corrected chi connectivity index (χ1v) is 9.12. The molecule has 1 amide bonds. The lowest BCUT2D eigenvalue weighted by molar-refractivity contribution is -0.137. The first-order valence-electron chi connectivity index (χ1n) is 7.61. The number of nitrogens with zero attached hydrogens (tertiary/aromatic N) is 2. The minimum Gasteiger partial charge on any atom is -0.372 e. The van der Waals surface area contributed by atoms with Crippen LogP contribution in [0.2, 0.25) is 0 Å². The Balaban J connectivity index is 1.91. The topological polar surface area (TPSA) is 66.9 Å². The van der Waals surface area contributed by atoms with Gasteiger partial charge in [-0.25, -0.2) is 8.42 Å². The van der Waals surface area contributed by atoms with Crippen LogP contribution in [0, 0.1) is 0 Å². The minimum atomic E-state index is -3.46. The van der Waals surface area contributed by atoms with Crippen LogP contribution in [-0.4, -0.2) is 62.9 Å². The summed E-state index contributed by atoms with van der Waals surface area (Å²) in [7, 11) is -3.46. The fraction of sp³-hybridized carbons (Fsp3) is 0.438. The summed E-state index contributed by atoms with van der Waals surface area (Å²) in [5.41, 5.74) is 0.835. The summed E-state index contributed by atoms with van der Waals surface area (Å²) < 4.78 is 31.1. The third-order valence-corrected chi connectivity index (χ3v) is 5.18. The van der Waals surface area contributed by atoms with E-state index in [1.54, 1.807) is 11.0 Å². The number of piperazine rings is 1. The third-order valence-electron chi connectivity index (χ3n) is 3.61. The van der Waals surface area contributed by atoms with Crippen LogP contribution < -0.4 is 0 Å². The van der Waals surface area contributed by atoms with Gasteiger partial charge in [-0.3, -0.25) is 4.79 Å². The van der Waals surface area contributed by atoms with Gasteiger partial charge in [0.1, 0.15) is 6.61 Å². The zero-order valence-electron chi connectivity index (χ0n) is 13.2. The van der Waals surface area contributed by atoms with Crippen LogP contribution in [0.3, 0.4) is 0 Å². The summed E-state index contributed by atoms with van der Waals surface area (Å²) in [6.45, 7) is 3.77. The number of carbonyl (C=O) groups excluding carboxylic acids is 1. The number of carbonyl (C=O) groups is 1. The quantitative estimate of drug-likeness (QED) is 0.781. The molecule has 0 aliphatic carbocycles. The molecule has 0 spiro atoms. The highest BCUT2D eigenvalue weighted by molar-refractivity contribution is 7.92. The van der Waals surface area contributed by atoms with E-state index in [0.717, 1.165) is 5.56 Å². The number of amides is 1. The Labute approximate surface area is 137 Å².